The van der Waals surface area contributed by atoms with E-state index in [4.69, 9.17) is 17.2 Å². The summed E-state index contributed by atoms with van der Waals surface area (Å²) in [6.07, 6.45) is 21.0. The molecule has 5 amide bonds. The van der Waals surface area contributed by atoms with Crippen molar-refractivity contribution in [3.05, 3.63) is 0 Å². The van der Waals surface area contributed by atoms with E-state index in [0.29, 0.717) is 71.0 Å². The maximum Gasteiger partial charge on any atom is 0.245 e. The van der Waals surface area contributed by atoms with Gasteiger partial charge in [-0.3, -0.25) is 24.0 Å². The molecule has 1 aliphatic heterocycles. The van der Waals surface area contributed by atoms with E-state index in [2.05, 4.69) is 22.9 Å². The number of unbranched alkanes of at least 4 members (excludes halogenated alkanes) is 14. The minimum Gasteiger partial charge on any atom is -0.368 e. The van der Waals surface area contributed by atoms with E-state index in [1.54, 1.807) is 0 Å². The Morgan fingerprint density at radius 3 is 1.73 bits per heavy atom. The Balaban J connectivity index is 2.56. The molecule has 0 spiro atoms. The van der Waals surface area contributed by atoms with Crippen LogP contribution in [0.15, 0.2) is 0 Å². The summed E-state index contributed by atoms with van der Waals surface area (Å²) < 4.78 is 0. The molecule has 0 radical (unpaired) electrons. The van der Waals surface area contributed by atoms with Crippen LogP contribution in [0.5, 0.6) is 0 Å². The van der Waals surface area contributed by atoms with Crippen molar-refractivity contribution in [3.8, 4) is 0 Å². The third kappa shape index (κ3) is 18.7. The van der Waals surface area contributed by atoms with Crippen LogP contribution in [-0.4, -0.2) is 78.2 Å². The van der Waals surface area contributed by atoms with Gasteiger partial charge in [0, 0.05) is 13.0 Å². The minimum atomic E-state index is -0.938. The molecule has 0 unspecified atom stereocenters. The highest BCUT2D eigenvalue weighted by atomic mass is 16.2. The maximum atomic E-state index is 13.7. The summed E-state index contributed by atoms with van der Waals surface area (Å²) in [5, 5.41) is 8.26. The van der Waals surface area contributed by atoms with Crippen LogP contribution >= 0.6 is 0 Å². The van der Waals surface area contributed by atoms with Gasteiger partial charge in [0.25, 0.3) is 0 Å². The number of rotatable bonds is 29. The molecule has 0 bridgehead atoms. The number of carbonyl (C=O) groups is 5. The van der Waals surface area contributed by atoms with Crippen molar-refractivity contribution in [2.45, 2.75) is 179 Å². The van der Waals surface area contributed by atoms with Crippen LogP contribution in [0.4, 0.5) is 0 Å². The zero-order valence-electron chi connectivity index (χ0n) is 30.2. The van der Waals surface area contributed by atoms with E-state index in [0.717, 1.165) is 25.7 Å². The van der Waals surface area contributed by atoms with Crippen molar-refractivity contribution < 1.29 is 24.0 Å². The van der Waals surface area contributed by atoms with Crippen molar-refractivity contribution in [1.82, 2.24) is 20.9 Å². The molecule has 0 aliphatic carbocycles. The monoisotopic (exact) mass is 680 g/mol. The Labute approximate surface area is 290 Å². The zero-order chi connectivity index (χ0) is 35.6. The van der Waals surface area contributed by atoms with Gasteiger partial charge in [-0.25, -0.2) is 0 Å². The van der Waals surface area contributed by atoms with Gasteiger partial charge in [-0.05, 0) is 77.8 Å². The Morgan fingerprint density at radius 1 is 0.688 bits per heavy atom. The Hall–Kier alpha value is -2.73. The van der Waals surface area contributed by atoms with E-state index in [-0.39, 0.29) is 11.8 Å². The lowest BCUT2D eigenvalue weighted by atomic mass is 10.0. The Bertz CT molecular complexity index is 934. The fourth-order valence-electron chi connectivity index (χ4n) is 6.27. The standard InChI is InChI=1S/C36H69N7O5/c1-3-4-5-6-7-8-9-10-11-12-13-14-15-24-32(44)41-30(22-17-19-26-38)36(48)43-27-20-23-31(43)35(47)40-28(2)34(46)42-29(33(39)45)21-16-18-25-37/h28-31H,3-27,37-38H2,1-2H3,(H2,39,45)(H,40,47)(H,41,44)(H,42,46)/t28-,29+,30-,31-/m0/s1. The second-order valence-corrected chi connectivity index (χ2v) is 13.6. The Kier molecular flexibility index (Phi) is 24.5. The van der Waals surface area contributed by atoms with Gasteiger partial charge in [0.05, 0.1) is 0 Å². The molecule has 0 aromatic rings. The number of carbonyl (C=O) groups excluding carboxylic acids is 5. The number of amides is 5. The van der Waals surface area contributed by atoms with Gasteiger partial charge >= 0.3 is 0 Å². The topological polar surface area (TPSA) is 203 Å². The molecule has 0 aromatic heterocycles. The number of primary amides is 1. The SMILES string of the molecule is CCCCCCCCCCCCCCCC(=O)N[C@@H](CCCCN)C(=O)N1CCC[C@H]1C(=O)N[C@@H](C)C(=O)N[C@H](CCCCN)C(N)=O. The lowest BCUT2D eigenvalue weighted by molar-refractivity contribution is -0.142. The lowest BCUT2D eigenvalue weighted by Gasteiger charge is -2.29. The summed E-state index contributed by atoms with van der Waals surface area (Å²) >= 11 is 0. The average molecular weight is 680 g/mol. The first-order valence-electron chi connectivity index (χ1n) is 19.1. The van der Waals surface area contributed by atoms with E-state index in [1.165, 1.54) is 76.0 Å². The molecule has 1 heterocycles. The van der Waals surface area contributed by atoms with Crippen molar-refractivity contribution >= 4 is 29.5 Å². The molecule has 1 rings (SSSR count). The molecular formula is C36H69N7O5. The second kappa shape index (κ2) is 27.1. The average Bonchev–Trinajstić information content (AvgIpc) is 3.56. The maximum absolute atomic E-state index is 13.7. The molecule has 0 saturated carbocycles. The van der Waals surface area contributed by atoms with Crippen molar-refractivity contribution in [2.24, 2.45) is 17.2 Å². The first-order chi connectivity index (χ1) is 23.2. The van der Waals surface area contributed by atoms with Gasteiger partial charge < -0.3 is 38.1 Å². The highest BCUT2D eigenvalue weighted by Gasteiger charge is 2.38. The summed E-state index contributed by atoms with van der Waals surface area (Å²) in [6.45, 7) is 5.13. The molecule has 1 saturated heterocycles. The molecule has 12 nitrogen and oxygen atoms in total. The predicted octanol–water partition coefficient (Wildman–Crippen LogP) is 3.68. The largest absolute Gasteiger partial charge is 0.368 e. The fourth-order valence-corrected chi connectivity index (χ4v) is 6.27. The number of nitrogens with zero attached hydrogens (tertiary/aromatic N) is 1. The zero-order valence-corrected chi connectivity index (χ0v) is 30.2. The molecule has 0 aromatic carbocycles. The molecule has 48 heavy (non-hydrogen) atoms. The highest BCUT2D eigenvalue weighted by molar-refractivity contribution is 5.95. The number of nitrogens with one attached hydrogen (secondary N) is 3. The van der Waals surface area contributed by atoms with Gasteiger partial charge in [0.2, 0.25) is 29.5 Å². The van der Waals surface area contributed by atoms with Crippen LogP contribution in [0, 0.1) is 0 Å². The first kappa shape index (κ1) is 43.3. The summed E-state index contributed by atoms with van der Waals surface area (Å²) in [4.78, 5) is 66.0. The molecule has 1 fully saturated rings. The molecule has 9 N–H and O–H groups in total. The van der Waals surface area contributed by atoms with Crippen molar-refractivity contribution in [2.75, 3.05) is 19.6 Å². The fraction of sp³-hybridized carbons (Fsp3) is 0.861. The van der Waals surface area contributed by atoms with Gasteiger partial charge in [-0.1, -0.05) is 84.0 Å². The van der Waals surface area contributed by atoms with Gasteiger partial charge in [0.15, 0.2) is 0 Å². The summed E-state index contributed by atoms with van der Waals surface area (Å²) in [5.74, 6) is -2.06. The molecule has 278 valence electrons. The molecular weight excluding hydrogens is 610 g/mol. The van der Waals surface area contributed by atoms with E-state index < -0.39 is 41.9 Å². The predicted molar refractivity (Wildman–Crippen MR) is 192 cm³/mol. The number of hydrogen-bond donors (Lipinski definition) is 6. The van der Waals surface area contributed by atoms with Crippen LogP contribution in [0.3, 0.4) is 0 Å². The van der Waals surface area contributed by atoms with Crippen LogP contribution in [0.1, 0.15) is 155 Å². The second-order valence-electron chi connectivity index (χ2n) is 13.6. The number of hydrogen-bond acceptors (Lipinski definition) is 7. The van der Waals surface area contributed by atoms with Crippen LogP contribution in [0.25, 0.3) is 0 Å². The lowest BCUT2D eigenvalue weighted by Crippen LogP contribution is -2.57. The third-order valence-electron chi connectivity index (χ3n) is 9.29. The Morgan fingerprint density at radius 2 is 1.21 bits per heavy atom. The summed E-state index contributed by atoms with van der Waals surface area (Å²) in [7, 11) is 0. The quantitative estimate of drug-likeness (QED) is 0.0647. The molecule has 12 heteroatoms. The minimum absolute atomic E-state index is 0.148. The van der Waals surface area contributed by atoms with Gasteiger partial charge in [0.1, 0.15) is 24.2 Å². The normalized spacial score (nSPS) is 16.2. The molecule has 4 atom stereocenters. The smallest absolute Gasteiger partial charge is 0.245 e. The van der Waals surface area contributed by atoms with Gasteiger partial charge in [-0.2, -0.15) is 0 Å². The van der Waals surface area contributed by atoms with Crippen LogP contribution < -0.4 is 33.2 Å². The molecule has 1 aliphatic rings. The summed E-state index contributed by atoms with van der Waals surface area (Å²) in [5.41, 5.74) is 16.7. The van der Waals surface area contributed by atoms with E-state index in [9.17, 15) is 24.0 Å². The van der Waals surface area contributed by atoms with Gasteiger partial charge in [-0.15, -0.1) is 0 Å². The van der Waals surface area contributed by atoms with Crippen molar-refractivity contribution in [3.63, 3.8) is 0 Å². The van der Waals surface area contributed by atoms with Crippen molar-refractivity contribution in [1.29, 1.82) is 0 Å². The number of nitrogens with two attached hydrogens (primary N) is 3. The number of likely N-dealkylation sites (tertiary alicyclic amines) is 1. The van der Waals surface area contributed by atoms with E-state index >= 15 is 0 Å². The highest BCUT2D eigenvalue weighted by Crippen LogP contribution is 2.21. The van der Waals surface area contributed by atoms with Crippen LogP contribution in [0.2, 0.25) is 0 Å². The first-order valence-corrected chi connectivity index (χ1v) is 19.1. The summed E-state index contributed by atoms with van der Waals surface area (Å²) in [6, 6.07) is -3.28. The third-order valence-corrected chi connectivity index (χ3v) is 9.29. The van der Waals surface area contributed by atoms with Crippen LogP contribution in [-0.2, 0) is 24.0 Å². The van der Waals surface area contributed by atoms with E-state index in [1.807, 2.05) is 0 Å².